The Labute approximate surface area is 81.3 Å². The summed E-state index contributed by atoms with van der Waals surface area (Å²) in [4.78, 5) is 4.89. The highest BCUT2D eigenvalue weighted by Crippen LogP contribution is 2.02. The van der Waals surface area contributed by atoms with E-state index in [1.54, 1.807) is 0 Å². The van der Waals surface area contributed by atoms with E-state index in [0.29, 0.717) is 6.61 Å². The van der Waals surface area contributed by atoms with Crippen LogP contribution in [0.1, 0.15) is 12.8 Å². The molecular weight excluding hydrogens is 164 g/mol. The molecule has 0 aromatic carbocycles. The van der Waals surface area contributed by atoms with Crippen molar-refractivity contribution in [2.24, 2.45) is 0 Å². The van der Waals surface area contributed by atoms with Gasteiger partial charge in [0.25, 0.3) is 0 Å². The van der Waals surface area contributed by atoms with Gasteiger partial charge in [-0.15, -0.1) is 0 Å². The summed E-state index contributed by atoms with van der Waals surface area (Å²) in [5.74, 6) is 0. The zero-order valence-electron chi connectivity index (χ0n) is 8.41. The third-order valence-electron chi connectivity index (χ3n) is 2.57. The summed E-state index contributed by atoms with van der Waals surface area (Å²) in [5.41, 5.74) is 0. The van der Waals surface area contributed by atoms with Crippen molar-refractivity contribution < 1.29 is 5.11 Å². The van der Waals surface area contributed by atoms with E-state index in [0.717, 1.165) is 39.0 Å². The monoisotopic (exact) mass is 185 g/mol. The van der Waals surface area contributed by atoms with E-state index < -0.39 is 0 Å². The lowest BCUT2D eigenvalue weighted by Crippen LogP contribution is -2.46. The molecule has 0 aliphatic carbocycles. The van der Waals surface area contributed by atoms with Gasteiger partial charge in [-0.1, -0.05) is 6.92 Å². The number of nitrogens with zero attached hydrogens (tertiary/aromatic N) is 2. The number of aliphatic hydroxyl groups is 1. The second-order valence-electron chi connectivity index (χ2n) is 3.61. The maximum atomic E-state index is 8.69. The van der Waals surface area contributed by atoms with Crippen LogP contribution in [0.15, 0.2) is 0 Å². The molecule has 77 valence electrons. The fourth-order valence-electron chi connectivity index (χ4n) is 1.75. The van der Waals surface area contributed by atoms with Gasteiger partial charge >= 0.3 is 0 Å². The first-order valence-electron chi connectivity index (χ1n) is 5.21. The van der Waals surface area contributed by atoms with Crippen LogP contribution in [0.25, 0.3) is 0 Å². The van der Waals surface area contributed by atoms with E-state index in [2.05, 4.69) is 16.7 Å². The zero-order valence-corrected chi connectivity index (χ0v) is 8.41. The van der Waals surface area contributed by atoms with Crippen LogP contribution < -0.4 is 0 Å². The van der Waals surface area contributed by atoms with Crippen molar-refractivity contribution in [2.75, 3.05) is 45.9 Å². The highest BCUT2D eigenvalue weighted by molar-refractivity contribution is 4.71. The summed E-state index contributed by atoms with van der Waals surface area (Å²) in [5, 5.41) is 8.69. The number of piperazine rings is 1. The van der Waals surface area contributed by atoms with Gasteiger partial charge < -0.3 is 14.9 Å². The fraction of sp³-hybridized carbons (Fsp3) is 0.900. The van der Waals surface area contributed by atoms with Crippen molar-refractivity contribution >= 4 is 0 Å². The number of hydrogen-bond donors (Lipinski definition) is 1. The second kappa shape index (κ2) is 6.35. The lowest BCUT2D eigenvalue weighted by Gasteiger charge is -2.34. The molecule has 1 aliphatic rings. The molecule has 13 heavy (non-hydrogen) atoms. The van der Waals surface area contributed by atoms with Crippen molar-refractivity contribution in [1.29, 1.82) is 0 Å². The molecule has 0 aromatic rings. The maximum absolute atomic E-state index is 8.69. The van der Waals surface area contributed by atoms with Crippen molar-refractivity contribution in [2.45, 2.75) is 12.8 Å². The van der Waals surface area contributed by atoms with Crippen LogP contribution in [0.2, 0.25) is 0 Å². The van der Waals surface area contributed by atoms with Gasteiger partial charge in [0.15, 0.2) is 0 Å². The summed E-state index contributed by atoms with van der Waals surface area (Å²) in [6.45, 7) is 11.0. The molecule has 0 saturated carbocycles. The molecule has 3 nitrogen and oxygen atoms in total. The highest BCUT2D eigenvalue weighted by atomic mass is 16.3. The van der Waals surface area contributed by atoms with Gasteiger partial charge in [-0.2, -0.15) is 0 Å². The van der Waals surface area contributed by atoms with E-state index >= 15 is 0 Å². The number of aliphatic hydroxyl groups excluding tert-OH is 1. The van der Waals surface area contributed by atoms with E-state index in [9.17, 15) is 0 Å². The lowest BCUT2D eigenvalue weighted by atomic mass is 10.3. The van der Waals surface area contributed by atoms with E-state index in [1.807, 2.05) is 0 Å². The van der Waals surface area contributed by atoms with Crippen LogP contribution in [-0.4, -0.2) is 60.8 Å². The molecule has 3 heteroatoms. The van der Waals surface area contributed by atoms with Gasteiger partial charge in [0, 0.05) is 39.3 Å². The molecule has 1 rings (SSSR count). The topological polar surface area (TPSA) is 26.7 Å². The largest absolute Gasteiger partial charge is 0.396 e. The van der Waals surface area contributed by atoms with Crippen LogP contribution in [0.4, 0.5) is 0 Å². The van der Waals surface area contributed by atoms with Gasteiger partial charge in [0.05, 0.1) is 0 Å². The van der Waals surface area contributed by atoms with Crippen molar-refractivity contribution in [3.05, 3.63) is 6.92 Å². The van der Waals surface area contributed by atoms with Crippen LogP contribution in [-0.2, 0) is 0 Å². The zero-order chi connectivity index (χ0) is 9.52. The molecule has 0 bridgehead atoms. The molecule has 1 aliphatic heterocycles. The predicted molar refractivity (Wildman–Crippen MR) is 54.6 cm³/mol. The Bertz CT molecular complexity index is 122. The lowest BCUT2D eigenvalue weighted by molar-refractivity contribution is 0.126. The Morgan fingerprint density at radius 1 is 1.00 bits per heavy atom. The minimum Gasteiger partial charge on any atom is -0.396 e. The molecule has 0 aromatic heterocycles. The summed E-state index contributed by atoms with van der Waals surface area (Å²) in [6, 6.07) is 0. The first kappa shape index (κ1) is 11.0. The van der Waals surface area contributed by atoms with E-state index in [4.69, 9.17) is 5.11 Å². The molecule has 1 radical (unpaired) electrons. The Balaban J connectivity index is 2.08. The molecule has 1 fully saturated rings. The molecular formula is C10H21N2O. The molecule has 0 unspecified atom stereocenters. The Morgan fingerprint density at radius 2 is 1.54 bits per heavy atom. The fourth-order valence-corrected chi connectivity index (χ4v) is 1.75. The third kappa shape index (κ3) is 4.07. The van der Waals surface area contributed by atoms with Gasteiger partial charge in [-0.25, -0.2) is 0 Å². The van der Waals surface area contributed by atoms with Crippen LogP contribution in [0.3, 0.4) is 0 Å². The molecule has 0 atom stereocenters. The predicted octanol–water partition coefficient (Wildman–Crippen LogP) is 0.211. The Kier molecular flexibility index (Phi) is 5.35. The summed E-state index contributed by atoms with van der Waals surface area (Å²) >= 11 is 0. The second-order valence-corrected chi connectivity index (χ2v) is 3.61. The average molecular weight is 185 g/mol. The van der Waals surface area contributed by atoms with E-state index in [-0.39, 0.29) is 0 Å². The van der Waals surface area contributed by atoms with Gasteiger partial charge in [-0.3, -0.25) is 0 Å². The maximum Gasteiger partial charge on any atom is 0.0443 e. The minimum absolute atomic E-state index is 0.319. The summed E-state index contributed by atoms with van der Waals surface area (Å²) in [6.07, 6.45) is 1.92. The van der Waals surface area contributed by atoms with Crippen molar-refractivity contribution in [3.63, 3.8) is 0 Å². The van der Waals surface area contributed by atoms with Gasteiger partial charge in [-0.05, 0) is 19.4 Å². The SMILES string of the molecule is [CH2]CCN1CCN(CCCO)CC1. The van der Waals surface area contributed by atoms with Crippen LogP contribution >= 0.6 is 0 Å². The first-order chi connectivity index (χ1) is 6.36. The Hall–Kier alpha value is -0.120. The number of rotatable bonds is 5. The smallest absolute Gasteiger partial charge is 0.0443 e. The van der Waals surface area contributed by atoms with Crippen LogP contribution in [0.5, 0.6) is 0 Å². The third-order valence-corrected chi connectivity index (χ3v) is 2.57. The highest BCUT2D eigenvalue weighted by Gasteiger charge is 2.14. The van der Waals surface area contributed by atoms with Gasteiger partial charge in [0.2, 0.25) is 0 Å². The molecule has 1 heterocycles. The molecule has 1 saturated heterocycles. The molecule has 1 N–H and O–H groups in total. The van der Waals surface area contributed by atoms with Gasteiger partial charge in [0.1, 0.15) is 0 Å². The quantitative estimate of drug-likeness (QED) is 0.663. The first-order valence-corrected chi connectivity index (χ1v) is 5.21. The van der Waals surface area contributed by atoms with E-state index in [1.165, 1.54) is 13.1 Å². The van der Waals surface area contributed by atoms with Crippen molar-refractivity contribution in [3.8, 4) is 0 Å². The Morgan fingerprint density at radius 3 is 2.00 bits per heavy atom. The minimum atomic E-state index is 0.319. The number of hydrogen-bond acceptors (Lipinski definition) is 3. The van der Waals surface area contributed by atoms with Crippen molar-refractivity contribution in [1.82, 2.24) is 9.80 Å². The molecule has 0 spiro atoms. The summed E-state index contributed by atoms with van der Waals surface area (Å²) in [7, 11) is 0. The standard InChI is InChI=1S/C10H21N2O/c1-2-4-11-6-8-12(9-7-11)5-3-10-13/h13H,1-10H2. The van der Waals surface area contributed by atoms with Crippen LogP contribution in [0, 0.1) is 6.92 Å². The average Bonchev–Trinajstić information content (AvgIpc) is 2.17. The normalized spacial score (nSPS) is 20.8. The molecule has 0 amide bonds. The summed E-state index contributed by atoms with van der Waals surface area (Å²) < 4.78 is 0.